The van der Waals surface area contributed by atoms with E-state index in [9.17, 15) is 13.2 Å². The van der Waals surface area contributed by atoms with E-state index < -0.39 is 22.5 Å². The lowest BCUT2D eigenvalue weighted by molar-refractivity contribution is -0.119. The fraction of sp³-hybridized carbons (Fsp3) is 0.231. The van der Waals surface area contributed by atoms with Crippen molar-refractivity contribution in [2.24, 2.45) is 5.10 Å². The molecule has 0 saturated carbocycles. The molecule has 1 amide bonds. The largest absolute Gasteiger partial charge is 0.493 e. The molecule has 0 aliphatic heterocycles. The van der Waals surface area contributed by atoms with Gasteiger partial charge in [0.05, 0.1) is 36.7 Å². The number of hydrogen-bond donors (Lipinski definition) is 1. The van der Waals surface area contributed by atoms with E-state index in [4.69, 9.17) is 9.47 Å². The third-order valence-corrected chi connectivity index (χ3v) is 7.83. The number of hydrazone groups is 1. The third-order valence-electron chi connectivity index (χ3n) is 5.41. The molecule has 0 bridgehead atoms. The second kappa shape index (κ2) is 12.1. The lowest BCUT2D eigenvalue weighted by atomic mass is 10.2. The van der Waals surface area contributed by atoms with Gasteiger partial charge in [-0.2, -0.15) is 5.10 Å². The van der Waals surface area contributed by atoms with Gasteiger partial charge in [0, 0.05) is 24.6 Å². The minimum Gasteiger partial charge on any atom is -0.493 e. The summed E-state index contributed by atoms with van der Waals surface area (Å²) in [6, 6.07) is 16.7. The van der Waals surface area contributed by atoms with Crippen LogP contribution in [0, 0.1) is 6.92 Å². The number of methoxy groups -OCH3 is 2. The SMILES string of the molecule is COc1ccc(N(CC(=O)N/N=C/c2ccc(N(C)C)c(Br)c2)S(=O)(=O)c2ccc(C)cc2)cc1OC. The molecule has 3 rings (SSSR count). The minimum absolute atomic E-state index is 0.0509. The summed E-state index contributed by atoms with van der Waals surface area (Å²) in [5, 5.41) is 4.01. The monoisotopic (exact) mass is 588 g/mol. The van der Waals surface area contributed by atoms with E-state index in [1.165, 1.54) is 38.6 Å². The number of carbonyl (C=O) groups is 1. The van der Waals surface area contributed by atoms with Gasteiger partial charge in [-0.05, 0) is 64.8 Å². The highest BCUT2D eigenvalue weighted by atomic mass is 79.9. The number of anilines is 2. The number of carbonyl (C=O) groups excluding carboxylic acids is 1. The van der Waals surface area contributed by atoms with E-state index in [2.05, 4.69) is 26.5 Å². The Bertz CT molecular complexity index is 1390. The molecule has 1 N–H and O–H groups in total. The van der Waals surface area contributed by atoms with E-state index in [0.717, 1.165) is 25.6 Å². The van der Waals surface area contributed by atoms with Crippen molar-refractivity contribution < 1.29 is 22.7 Å². The normalized spacial score (nSPS) is 11.3. The van der Waals surface area contributed by atoms with Crippen LogP contribution < -0.4 is 24.1 Å². The van der Waals surface area contributed by atoms with Crippen molar-refractivity contribution in [1.82, 2.24) is 5.43 Å². The number of rotatable bonds is 10. The topological polar surface area (TPSA) is 101 Å². The molecule has 0 aromatic heterocycles. The molecule has 0 atom stereocenters. The molecule has 0 aliphatic carbocycles. The maximum absolute atomic E-state index is 13.6. The third kappa shape index (κ3) is 6.80. The van der Waals surface area contributed by atoms with Gasteiger partial charge in [0.2, 0.25) is 0 Å². The van der Waals surface area contributed by atoms with Crippen LogP contribution in [0.4, 0.5) is 11.4 Å². The molecular weight excluding hydrogens is 560 g/mol. The Morgan fingerprint density at radius 1 is 1.00 bits per heavy atom. The van der Waals surface area contributed by atoms with Crippen molar-refractivity contribution >= 4 is 49.4 Å². The fourth-order valence-electron chi connectivity index (χ4n) is 3.44. The fourth-order valence-corrected chi connectivity index (χ4v) is 5.61. The number of halogens is 1. The standard InChI is InChI=1S/C26H29BrN4O5S/c1-18-6-10-21(11-7-18)37(33,34)31(20-9-13-24(35-4)25(15-20)36-5)17-26(32)29-28-16-19-8-12-23(30(2)3)22(27)14-19/h6-16H,17H2,1-5H3,(H,29,32)/b28-16+. The Morgan fingerprint density at radius 2 is 1.68 bits per heavy atom. The maximum atomic E-state index is 13.6. The summed E-state index contributed by atoms with van der Waals surface area (Å²) in [7, 11) is 2.71. The van der Waals surface area contributed by atoms with Gasteiger partial charge < -0.3 is 14.4 Å². The second-order valence-corrected chi connectivity index (χ2v) is 11.0. The zero-order chi connectivity index (χ0) is 27.2. The van der Waals surface area contributed by atoms with E-state index in [-0.39, 0.29) is 10.6 Å². The molecule has 9 nitrogen and oxygen atoms in total. The number of hydrogen-bond acceptors (Lipinski definition) is 7. The van der Waals surface area contributed by atoms with Crippen LogP contribution in [0.15, 0.2) is 75.1 Å². The zero-order valence-corrected chi connectivity index (χ0v) is 23.6. The van der Waals surface area contributed by atoms with Gasteiger partial charge in [0.25, 0.3) is 15.9 Å². The quantitative estimate of drug-likeness (QED) is 0.281. The predicted molar refractivity (Wildman–Crippen MR) is 149 cm³/mol. The molecule has 0 saturated heterocycles. The Kier molecular flexibility index (Phi) is 9.17. The van der Waals surface area contributed by atoms with Crippen LogP contribution in [0.2, 0.25) is 0 Å². The highest BCUT2D eigenvalue weighted by Crippen LogP contribution is 2.33. The summed E-state index contributed by atoms with van der Waals surface area (Å²) >= 11 is 3.51. The summed E-state index contributed by atoms with van der Waals surface area (Å²) < 4.78 is 39.6. The first kappa shape index (κ1) is 28.0. The molecule has 0 spiro atoms. The molecule has 0 unspecified atom stereocenters. The molecule has 0 fully saturated rings. The van der Waals surface area contributed by atoms with Crippen LogP contribution >= 0.6 is 15.9 Å². The number of nitrogens with one attached hydrogen (secondary N) is 1. The van der Waals surface area contributed by atoms with Gasteiger partial charge in [0.1, 0.15) is 6.54 Å². The van der Waals surface area contributed by atoms with E-state index in [1.807, 2.05) is 44.1 Å². The molecule has 0 aliphatic rings. The predicted octanol–water partition coefficient (Wildman–Crippen LogP) is 4.19. The van der Waals surface area contributed by atoms with Gasteiger partial charge in [-0.3, -0.25) is 9.10 Å². The van der Waals surface area contributed by atoms with Crippen LogP contribution in [0.5, 0.6) is 11.5 Å². The molecule has 37 heavy (non-hydrogen) atoms. The first-order valence-corrected chi connectivity index (χ1v) is 13.4. The van der Waals surface area contributed by atoms with Gasteiger partial charge in [-0.1, -0.05) is 23.8 Å². The first-order valence-electron chi connectivity index (χ1n) is 11.2. The Morgan fingerprint density at radius 3 is 2.27 bits per heavy atom. The Balaban J connectivity index is 1.88. The first-order chi connectivity index (χ1) is 17.6. The number of amides is 1. The molecule has 196 valence electrons. The van der Waals surface area contributed by atoms with E-state index >= 15 is 0 Å². The van der Waals surface area contributed by atoms with Crippen LogP contribution in [-0.2, 0) is 14.8 Å². The number of sulfonamides is 1. The minimum atomic E-state index is -4.09. The summed E-state index contributed by atoms with van der Waals surface area (Å²) in [5.41, 5.74) is 5.31. The molecule has 3 aromatic carbocycles. The molecular formula is C26H29BrN4O5S. The highest BCUT2D eigenvalue weighted by Gasteiger charge is 2.28. The van der Waals surface area contributed by atoms with E-state index in [0.29, 0.717) is 11.5 Å². The average molecular weight is 590 g/mol. The lowest BCUT2D eigenvalue weighted by Crippen LogP contribution is -2.39. The Hall–Kier alpha value is -3.57. The zero-order valence-electron chi connectivity index (χ0n) is 21.2. The molecule has 3 aromatic rings. The number of benzene rings is 3. The average Bonchev–Trinajstić information content (AvgIpc) is 2.87. The number of aryl methyl sites for hydroxylation is 1. The van der Waals surface area contributed by atoms with Gasteiger partial charge in [0.15, 0.2) is 11.5 Å². The van der Waals surface area contributed by atoms with Crippen LogP contribution in [0.3, 0.4) is 0 Å². The molecule has 0 radical (unpaired) electrons. The molecule has 0 heterocycles. The second-order valence-electron chi connectivity index (χ2n) is 8.26. The highest BCUT2D eigenvalue weighted by molar-refractivity contribution is 9.10. The maximum Gasteiger partial charge on any atom is 0.264 e. The van der Waals surface area contributed by atoms with Gasteiger partial charge in [-0.15, -0.1) is 0 Å². The van der Waals surface area contributed by atoms with Gasteiger partial charge >= 0.3 is 0 Å². The summed E-state index contributed by atoms with van der Waals surface area (Å²) in [6.45, 7) is 1.35. The van der Waals surface area contributed by atoms with Gasteiger partial charge in [-0.25, -0.2) is 13.8 Å². The van der Waals surface area contributed by atoms with E-state index in [1.54, 1.807) is 24.3 Å². The van der Waals surface area contributed by atoms with Crippen molar-refractivity contribution in [3.8, 4) is 11.5 Å². The van der Waals surface area contributed by atoms with Crippen molar-refractivity contribution in [3.63, 3.8) is 0 Å². The number of nitrogens with zero attached hydrogens (tertiary/aromatic N) is 3. The lowest BCUT2D eigenvalue weighted by Gasteiger charge is -2.24. The van der Waals surface area contributed by atoms with Crippen LogP contribution in [0.1, 0.15) is 11.1 Å². The summed E-state index contributed by atoms with van der Waals surface area (Å²) in [4.78, 5) is 14.8. The van der Waals surface area contributed by atoms with Crippen molar-refractivity contribution in [2.45, 2.75) is 11.8 Å². The Labute approximate surface area is 225 Å². The summed E-state index contributed by atoms with van der Waals surface area (Å²) in [5.74, 6) is 0.138. The van der Waals surface area contributed by atoms with Crippen molar-refractivity contribution in [2.75, 3.05) is 44.1 Å². The molecule has 11 heteroatoms. The van der Waals surface area contributed by atoms with Crippen LogP contribution in [0.25, 0.3) is 0 Å². The summed E-state index contributed by atoms with van der Waals surface area (Å²) in [6.07, 6.45) is 1.48. The smallest absolute Gasteiger partial charge is 0.264 e. The van der Waals surface area contributed by atoms with Crippen molar-refractivity contribution in [1.29, 1.82) is 0 Å². The van der Waals surface area contributed by atoms with Crippen molar-refractivity contribution in [3.05, 3.63) is 76.3 Å². The number of ether oxygens (including phenoxy) is 2. The van der Waals surface area contributed by atoms with Crippen LogP contribution in [-0.4, -0.2) is 55.4 Å².